The van der Waals surface area contributed by atoms with Crippen LogP contribution < -0.4 is 5.32 Å². The molecule has 0 aliphatic carbocycles. The van der Waals surface area contributed by atoms with Crippen LogP contribution in [0.25, 0.3) is 0 Å². The number of amides is 1. The molecule has 0 aromatic carbocycles. The Morgan fingerprint density at radius 2 is 1.74 bits per heavy atom. The number of nitrogens with one attached hydrogen (secondary N) is 1. The number of ether oxygens (including phenoxy) is 1. The van der Waals surface area contributed by atoms with E-state index in [0.29, 0.717) is 12.8 Å². The first-order valence-electron chi connectivity index (χ1n) is 6.36. The maximum absolute atomic E-state index is 11.7. The lowest BCUT2D eigenvalue weighted by Crippen LogP contribution is -2.46. The second-order valence-electron chi connectivity index (χ2n) is 5.41. The lowest BCUT2D eigenvalue weighted by molar-refractivity contribution is 0.0442. The molecule has 0 spiro atoms. The fraction of sp³-hybridized carbons (Fsp3) is 0.917. The summed E-state index contributed by atoms with van der Waals surface area (Å²) >= 11 is 0. The van der Waals surface area contributed by atoms with E-state index >= 15 is 0 Å². The average Bonchev–Trinajstić information content (AvgIpc) is 2.19. The molecule has 0 aliphatic rings. The van der Waals surface area contributed by atoms with Gasteiger partial charge in [-0.1, -0.05) is 13.8 Å². The third-order valence-electron chi connectivity index (χ3n) is 2.29. The van der Waals surface area contributed by atoms with Crippen molar-refractivity contribution >= 4 is 16.2 Å². The molecule has 0 saturated heterocycles. The van der Waals surface area contributed by atoms with E-state index < -0.39 is 34.0 Å². The smallest absolute Gasteiger partial charge is 0.407 e. The second-order valence-corrected chi connectivity index (χ2v) is 7.01. The number of hydrogen-bond donors (Lipinski definition) is 1. The number of hydrogen-bond acceptors (Lipinski definition) is 5. The highest BCUT2D eigenvalue weighted by Gasteiger charge is 2.26. The van der Waals surface area contributed by atoms with Crippen LogP contribution in [0.1, 0.15) is 47.5 Å². The first kappa shape index (κ1) is 18.2. The molecule has 0 aliphatic heterocycles. The highest BCUT2D eigenvalue weighted by Crippen LogP contribution is 2.13. The van der Waals surface area contributed by atoms with Gasteiger partial charge in [-0.05, 0) is 33.6 Å². The van der Waals surface area contributed by atoms with E-state index in [1.165, 1.54) is 0 Å². The fourth-order valence-corrected chi connectivity index (χ4v) is 2.28. The van der Waals surface area contributed by atoms with E-state index in [0.717, 1.165) is 6.26 Å². The van der Waals surface area contributed by atoms with Crippen molar-refractivity contribution in [3.8, 4) is 0 Å². The molecule has 0 aromatic rings. The van der Waals surface area contributed by atoms with E-state index in [2.05, 4.69) is 5.32 Å². The van der Waals surface area contributed by atoms with Crippen molar-refractivity contribution in [1.29, 1.82) is 0 Å². The quantitative estimate of drug-likeness (QED) is 0.758. The molecule has 0 unspecified atom stereocenters. The third-order valence-corrected chi connectivity index (χ3v) is 2.89. The molecule has 0 heterocycles. The Balaban J connectivity index is 4.67. The van der Waals surface area contributed by atoms with Gasteiger partial charge in [0.25, 0.3) is 10.1 Å². The molecule has 1 N–H and O–H groups in total. The van der Waals surface area contributed by atoms with E-state index in [1.54, 1.807) is 27.7 Å². The first-order valence-corrected chi connectivity index (χ1v) is 8.18. The average molecular weight is 295 g/mol. The lowest BCUT2D eigenvalue weighted by Gasteiger charge is -2.27. The molecule has 19 heavy (non-hydrogen) atoms. The Kier molecular flexibility index (Phi) is 6.79. The van der Waals surface area contributed by atoms with Crippen LogP contribution in [0.2, 0.25) is 0 Å². The number of carbonyl (C=O) groups is 1. The van der Waals surface area contributed by atoms with Crippen LogP contribution in [0.3, 0.4) is 0 Å². The van der Waals surface area contributed by atoms with Gasteiger partial charge in [-0.2, -0.15) is 8.42 Å². The Hall–Kier alpha value is -0.820. The zero-order chi connectivity index (χ0) is 15.3. The van der Waals surface area contributed by atoms with Gasteiger partial charge in [0.1, 0.15) is 5.60 Å². The van der Waals surface area contributed by atoms with Crippen molar-refractivity contribution in [2.24, 2.45) is 0 Å². The highest BCUT2D eigenvalue weighted by atomic mass is 32.2. The molecule has 0 saturated carbocycles. The Morgan fingerprint density at radius 1 is 1.21 bits per heavy atom. The van der Waals surface area contributed by atoms with Gasteiger partial charge in [0.15, 0.2) is 0 Å². The van der Waals surface area contributed by atoms with E-state index in [-0.39, 0.29) is 0 Å². The van der Waals surface area contributed by atoms with Gasteiger partial charge < -0.3 is 10.1 Å². The van der Waals surface area contributed by atoms with Gasteiger partial charge in [0.2, 0.25) is 0 Å². The molecule has 0 radical (unpaired) electrons. The van der Waals surface area contributed by atoms with Gasteiger partial charge in [-0.15, -0.1) is 0 Å². The predicted molar refractivity (Wildman–Crippen MR) is 73.5 cm³/mol. The normalized spacial score (nSPS) is 15.7. The summed E-state index contributed by atoms with van der Waals surface area (Å²) in [7, 11) is -3.55. The molecule has 0 bridgehead atoms. The molecule has 7 heteroatoms. The van der Waals surface area contributed by atoms with Crippen LogP contribution in [0.15, 0.2) is 0 Å². The van der Waals surface area contributed by atoms with Gasteiger partial charge >= 0.3 is 6.09 Å². The van der Waals surface area contributed by atoms with Crippen LogP contribution in [0.4, 0.5) is 4.79 Å². The molecule has 0 aromatic heterocycles. The largest absolute Gasteiger partial charge is 0.444 e. The molecular formula is C12H25NO5S. The van der Waals surface area contributed by atoms with Crippen LogP contribution >= 0.6 is 0 Å². The Morgan fingerprint density at radius 3 is 2.05 bits per heavy atom. The molecule has 0 fully saturated rings. The zero-order valence-electron chi connectivity index (χ0n) is 12.5. The summed E-state index contributed by atoms with van der Waals surface area (Å²) < 4.78 is 32.5. The minimum Gasteiger partial charge on any atom is -0.444 e. The summed E-state index contributed by atoms with van der Waals surface area (Å²) in [6.45, 7) is 8.93. The topological polar surface area (TPSA) is 81.7 Å². The summed E-state index contributed by atoms with van der Waals surface area (Å²) in [5.74, 6) is 0. The van der Waals surface area contributed by atoms with Crippen molar-refractivity contribution in [3.05, 3.63) is 0 Å². The molecule has 6 nitrogen and oxygen atoms in total. The maximum Gasteiger partial charge on any atom is 0.407 e. The summed E-state index contributed by atoms with van der Waals surface area (Å²) in [5.41, 5.74) is -0.595. The van der Waals surface area contributed by atoms with Crippen molar-refractivity contribution in [3.63, 3.8) is 0 Å². The Labute approximate surface area is 116 Å². The lowest BCUT2D eigenvalue weighted by atomic mass is 10.1. The van der Waals surface area contributed by atoms with Crippen LogP contribution in [-0.4, -0.2) is 38.5 Å². The molecule has 2 atom stereocenters. The first-order chi connectivity index (χ1) is 8.48. The van der Waals surface area contributed by atoms with E-state index in [9.17, 15) is 13.2 Å². The standard InChI is InChI=1S/C12H25NO5S/c1-7-9(10(8-2)18-19(6,15)16)13-11(14)17-12(3,4)5/h9-10H,7-8H2,1-6H3,(H,13,14)/t9-,10+/m1/s1. The van der Waals surface area contributed by atoms with Crippen LogP contribution in [-0.2, 0) is 19.0 Å². The fourth-order valence-electron chi connectivity index (χ4n) is 1.56. The van der Waals surface area contributed by atoms with Gasteiger partial charge in [-0.3, -0.25) is 4.18 Å². The number of carbonyl (C=O) groups excluding carboxylic acids is 1. The summed E-state index contributed by atoms with van der Waals surface area (Å²) in [6.07, 6.45) is 0.854. The van der Waals surface area contributed by atoms with Gasteiger partial charge in [0, 0.05) is 0 Å². The predicted octanol–water partition coefficient (Wildman–Crippen LogP) is 2.04. The zero-order valence-corrected chi connectivity index (χ0v) is 13.3. The van der Waals surface area contributed by atoms with Crippen molar-refractivity contribution < 1.29 is 22.1 Å². The van der Waals surface area contributed by atoms with Crippen LogP contribution in [0.5, 0.6) is 0 Å². The van der Waals surface area contributed by atoms with E-state index in [1.807, 2.05) is 6.92 Å². The van der Waals surface area contributed by atoms with Crippen molar-refractivity contribution in [1.82, 2.24) is 5.32 Å². The molecular weight excluding hydrogens is 270 g/mol. The summed E-state index contributed by atoms with van der Waals surface area (Å²) in [4.78, 5) is 11.7. The van der Waals surface area contributed by atoms with Crippen LogP contribution in [0, 0.1) is 0 Å². The van der Waals surface area contributed by atoms with Gasteiger partial charge in [0.05, 0.1) is 18.4 Å². The maximum atomic E-state index is 11.7. The van der Waals surface area contributed by atoms with Crippen molar-refractivity contribution in [2.75, 3.05) is 6.26 Å². The SMILES string of the molecule is CC[C@H](OS(C)(=O)=O)[C@@H](CC)NC(=O)OC(C)(C)C. The number of alkyl carbamates (subject to hydrolysis) is 1. The molecule has 114 valence electrons. The van der Waals surface area contributed by atoms with Crippen molar-refractivity contribution in [2.45, 2.75) is 65.2 Å². The summed E-state index contributed by atoms with van der Waals surface area (Å²) in [6, 6.07) is -0.408. The minimum absolute atomic E-state index is 0.408. The monoisotopic (exact) mass is 295 g/mol. The minimum atomic E-state index is -3.55. The van der Waals surface area contributed by atoms with Gasteiger partial charge in [-0.25, -0.2) is 4.79 Å². The second kappa shape index (κ2) is 7.09. The third kappa shape index (κ3) is 8.83. The molecule has 0 rings (SSSR count). The number of rotatable bonds is 6. The Bertz CT molecular complexity index is 385. The summed E-state index contributed by atoms with van der Waals surface area (Å²) in [5, 5.41) is 2.65. The highest BCUT2D eigenvalue weighted by molar-refractivity contribution is 7.86. The molecule has 1 amide bonds. The van der Waals surface area contributed by atoms with E-state index in [4.69, 9.17) is 8.92 Å².